The molecule has 0 saturated heterocycles. The van der Waals surface area contributed by atoms with Gasteiger partial charge in [-0.1, -0.05) is 156 Å². The lowest BCUT2D eigenvalue weighted by Crippen LogP contribution is -2.32. The number of hydrogen-bond donors (Lipinski definition) is 0. The highest BCUT2D eigenvalue weighted by Gasteiger charge is 2.27. The number of hydrogen-bond acceptors (Lipinski definition) is 6. The number of nitrogens with zero attached hydrogens (tertiary/aromatic N) is 6. The first-order valence-corrected chi connectivity index (χ1v) is 39.1. The zero-order valence-corrected chi connectivity index (χ0v) is 66.7. The molecule has 0 spiro atoms. The molecule has 552 valence electrons. The second kappa shape index (κ2) is 27.6. The molecule has 0 bridgehead atoms. The monoisotopic (exact) mass is 1480 g/mol. The minimum atomic E-state index is 0.939. The van der Waals surface area contributed by atoms with Gasteiger partial charge >= 0.3 is 0 Å². The molecule has 8 heterocycles. The van der Waals surface area contributed by atoms with Gasteiger partial charge in [0.25, 0.3) is 12.7 Å². The maximum atomic E-state index is 6.42. The molecular formula is C104H86N6O4+4. The zero-order valence-electron chi connectivity index (χ0n) is 66.7. The number of fused-ring (bicyclic) bond motifs is 22. The normalized spacial score (nSPS) is 11.8. The fourth-order valence-corrected chi connectivity index (χ4v) is 18.2. The Morgan fingerprint density at radius 1 is 0.237 bits per heavy atom. The minimum absolute atomic E-state index is 0.939. The van der Waals surface area contributed by atoms with Gasteiger partial charge in [-0.05, 0) is 194 Å². The summed E-state index contributed by atoms with van der Waals surface area (Å²) in [5.41, 5.74) is 31.6. The van der Waals surface area contributed by atoms with E-state index in [1.807, 2.05) is 40.6 Å². The minimum Gasteiger partial charge on any atom is -0.456 e. The van der Waals surface area contributed by atoms with Gasteiger partial charge < -0.3 is 17.7 Å². The summed E-state index contributed by atoms with van der Waals surface area (Å²) in [5, 5.41) is 22.1. The molecule has 22 rings (SSSR count). The average Bonchev–Trinajstić information content (AvgIpc) is 1.51. The van der Waals surface area contributed by atoms with Gasteiger partial charge in [0, 0.05) is 127 Å². The van der Waals surface area contributed by atoms with E-state index in [1.165, 1.54) is 175 Å². The van der Waals surface area contributed by atoms with Gasteiger partial charge in [-0.25, -0.2) is 9.13 Å². The second-order valence-electron chi connectivity index (χ2n) is 31.0. The maximum absolute atomic E-state index is 6.42. The van der Waals surface area contributed by atoms with Crippen LogP contribution in [0.25, 0.3) is 198 Å². The van der Waals surface area contributed by atoms with E-state index in [1.54, 1.807) is 0 Å². The van der Waals surface area contributed by atoms with E-state index >= 15 is 0 Å². The molecule has 0 aliphatic carbocycles. The summed E-state index contributed by atoms with van der Waals surface area (Å²) in [7, 11) is 8.37. The Bertz CT molecular complexity index is 7340. The van der Waals surface area contributed by atoms with Crippen LogP contribution in [0.4, 0.5) is 0 Å². The van der Waals surface area contributed by atoms with Crippen molar-refractivity contribution in [3.8, 4) is 45.0 Å². The molecule has 10 heteroatoms. The third-order valence-corrected chi connectivity index (χ3v) is 24.0. The van der Waals surface area contributed by atoms with Crippen molar-refractivity contribution in [2.24, 2.45) is 28.2 Å². The van der Waals surface area contributed by atoms with Crippen LogP contribution < -0.4 is 18.3 Å². The van der Waals surface area contributed by atoms with Gasteiger partial charge in [0.1, 0.15) is 70.1 Å². The van der Waals surface area contributed by atoms with E-state index in [2.05, 4.69) is 353 Å². The lowest BCUT2D eigenvalue weighted by atomic mass is 9.96. The number of furan rings is 4. The Morgan fingerprint density at radius 2 is 0.518 bits per heavy atom. The SMILES string of the molecule is Cc1c(-c2cc(C)c3c(C)cccc3[n+]2C)ccc2c1oc1ccc3ccccc3c12.Cc1c(-c2cc(C)c3c(C)cccc3[n+]2C)ccc2c1oc1ccc3ccccc3c12.Cc1cc(-c2ccc3c(oc4ccc5ccccc5c43)c2C)[n+](C)cn1.Cc1cc(-c2ccc3c(oc4ccc5ccccc5c43)c2C)[n+](C)cn1. The largest absolute Gasteiger partial charge is 0.456 e. The van der Waals surface area contributed by atoms with E-state index in [-0.39, 0.29) is 0 Å². The third kappa shape index (κ3) is 11.5. The molecule has 114 heavy (non-hydrogen) atoms. The standard InChI is InChI=1S/2C29H24NO.2C23H19N2O/c2*1-17-8-7-11-24-27(17)18(2)16-25(30(24)4)21-13-14-23-28-22-10-6-5-9-20(22)12-15-26(28)31-29(23)19(21)3;2*1-14-12-20(25(3)13-24-14)17-9-10-19-22-18-7-5-4-6-16(18)8-11-21(22)26-23(19)15(17)2/h2*5-16H,1-4H3;2*4-13H,1-3H3/q4*+1. The van der Waals surface area contributed by atoms with E-state index in [9.17, 15) is 0 Å². The van der Waals surface area contributed by atoms with E-state index < -0.39 is 0 Å². The quantitative estimate of drug-likeness (QED) is 0.163. The highest BCUT2D eigenvalue weighted by atomic mass is 16.3. The molecule has 0 unspecified atom stereocenters. The topological polar surface area (TPSA) is 93.9 Å². The van der Waals surface area contributed by atoms with Crippen LogP contribution in [0.3, 0.4) is 0 Å². The van der Waals surface area contributed by atoms with Gasteiger partial charge in [0.2, 0.25) is 22.4 Å². The predicted octanol–water partition coefficient (Wildman–Crippen LogP) is 25.1. The molecular weight excluding hydrogens is 1400 g/mol. The first kappa shape index (κ1) is 70.7. The Kier molecular flexibility index (Phi) is 17.1. The van der Waals surface area contributed by atoms with Crippen LogP contribution in [0.1, 0.15) is 55.9 Å². The van der Waals surface area contributed by atoms with Gasteiger partial charge in [0.15, 0.2) is 11.4 Å². The van der Waals surface area contributed by atoms with Crippen molar-refractivity contribution in [2.45, 2.75) is 69.2 Å². The Labute approximate surface area is 660 Å². The summed E-state index contributed by atoms with van der Waals surface area (Å²) >= 11 is 0. The van der Waals surface area contributed by atoms with Crippen molar-refractivity contribution in [1.82, 2.24) is 9.97 Å². The van der Waals surface area contributed by atoms with E-state index in [0.717, 1.165) is 78.6 Å². The van der Waals surface area contributed by atoms with Crippen molar-refractivity contribution in [3.05, 3.63) is 323 Å². The Balaban J connectivity index is 0.000000102. The second-order valence-corrected chi connectivity index (χ2v) is 31.0. The number of aryl methyl sites for hydroxylation is 14. The summed E-state index contributed by atoms with van der Waals surface area (Å²) in [6.45, 7) is 21.5. The van der Waals surface area contributed by atoms with Crippen LogP contribution in [0.15, 0.2) is 285 Å². The van der Waals surface area contributed by atoms with Crippen molar-refractivity contribution < 1.29 is 35.9 Å². The van der Waals surface area contributed by atoms with Gasteiger partial charge in [-0.3, -0.25) is 0 Å². The molecule has 22 aromatic rings. The summed E-state index contributed by atoms with van der Waals surface area (Å²) < 4.78 is 34.2. The molecule has 0 radical (unpaired) electrons. The molecule has 8 aromatic heterocycles. The third-order valence-electron chi connectivity index (χ3n) is 24.0. The predicted molar refractivity (Wildman–Crippen MR) is 469 cm³/mol. The molecule has 0 saturated carbocycles. The first-order chi connectivity index (χ1) is 55.3. The lowest BCUT2D eigenvalue weighted by molar-refractivity contribution is -0.663. The smallest absolute Gasteiger partial charge is 0.286 e. The van der Waals surface area contributed by atoms with Crippen LogP contribution >= 0.6 is 0 Å². The number of pyridine rings is 2. The van der Waals surface area contributed by atoms with Gasteiger partial charge in [0.05, 0.1) is 36.0 Å². The highest BCUT2D eigenvalue weighted by Crippen LogP contribution is 2.45. The van der Waals surface area contributed by atoms with E-state index in [4.69, 9.17) is 17.7 Å². The number of aromatic nitrogens is 6. The molecule has 0 amide bonds. The molecule has 0 N–H and O–H groups in total. The maximum Gasteiger partial charge on any atom is 0.286 e. The van der Waals surface area contributed by atoms with Crippen molar-refractivity contribution in [3.63, 3.8) is 0 Å². The number of rotatable bonds is 4. The molecule has 14 aromatic carbocycles. The van der Waals surface area contributed by atoms with Crippen LogP contribution in [0.5, 0.6) is 0 Å². The number of benzene rings is 14. The van der Waals surface area contributed by atoms with Crippen LogP contribution in [-0.4, -0.2) is 9.97 Å². The molecule has 0 aliphatic heterocycles. The molecule has 0 aliphatic rings. The summed E-state index contributed by atoms with van der Waals surface area (Å²) in [4.78, 5) is 8.73. The summed E-state index contributed by atoms with van der Waals surface area (Å²) in [6, 6.07) is 90.6. The molecule has 10 nitrogen and oxygen atoms in total. The van der Waals surface area contributed by atoms with Gasteiger partial charge in [-0.15, -0.1) is 0 Å². The Morgan fingerprint density at radius 3 is 0.816 bits per heavy atom. The van der Waals surface area contributed by atoms with Crippen LogP contribution in [0.2, 0.25) is 0 Å². The van der Waals surface area contributed by atoms with Crippen molar-refractivity contribution in [2.75, 3.05) is 0 Å². The summed E-state index contributed by atoms with van der Waals surface area (Å²) in [6.07, 6.45) is 3.72. The zero-order chi connectivity index (χ0) is 78.2. The fourth-order valence-electron chi connectivity index (χ4n) is 18.2. The molecule has 0 atom stereocenters. The van der Waals surface area contributed by atoms with Crippen molar-refractivity contribution in [1.29, 1.82) is 0 Å². The average molecular weight is 1480 g/mol. The van der Waals surface area contributed by atoms with Crippen LogP contribution in [0, 0.1) is 69.2 Å². The van der Waals surface area contributed by atoms with Crippen LogP contribution in [-0.2, 0) is 28.2 Å². The highest BCUT2D eigenvalue weighted by molar-refractivity contribution is 6.23. The van der Waals surface area contributed by atoms with Gasteiger partial charge in [-0.2, -0.15) is 9.13 Å². The Hall–Kier alpha value is -13.7. The summed E-state index contributed by atoms with van der Waals surface area (Å²) in [5.74, 6) is 0. The lowest BCUT2D eigenvalue weighted by Gasteiger charge is -2.10. The first-order valence-electron chi connectivity index (χ1n) is 39.1. The molecule has 0 fully saturated rings. The fraction of sp³-hybridized carbons (Fsp3) is 0.135. The van der Waals surface area contributed by atoms with Crippen molar-refractivity contribution >= 4 is 153 Å². The van der Waals surface area contributed by atoms with E-state index in [0.29, 0.717) is 0 Å².